The highest BCUT2D eigenvalue weighted by Gasteiger charge is 2.48. The Morgan fingerprint density at radius 1 is 1.47 bits per heavy atom. The van der Waals surface area contributed by atoms with Gasteiger partial charge in [-0.15, -0.1) is 0 Å². The molecule has 0 aromatic carbocycles. The van der Waals surface area contributed by atoms with E-state index in [1.165, 1.54) is 0 Å². The Balaban J connectivity index is 2.90. The molecule has 3 atom stereocenters. The maximum absolute atomic E-state index is 11.9. The fraction of sp³-hybridized carbons (Fsp3) is 0.929. The van der Waals surface area contributed by atoms with Gasteiger partial charge >= 0.3 is 0 Å². The second kappa shape index (κ2) is 4.97. The van der Waals surface area contributed by atoms with E-state index in [2.05, 4.69) is 39.9 Å². The van der Waals surface area contributed by atoms with Gasteiger partial charge in [-0.1, -0.05) is 27.7 Å². The van der Waals surface area contributed by atoms with Crippen molar-refractivity contribution >= 4 is 5.91 Å². The van der Waals surface area contributed by atoms with Crippen molar-refractivity contribution in [2.24, 2.45) is 17.1 Å². The molecule has 1 aliphatic carbocycles. The smallest absolute Gasteiger partial charge is 0.238 e. The number of carbonyl (C=O) groups excluding carboxylic acids is 1. The van der Waals surface area contributed by atoms with E-state index in [1.54, 1.807) is 0 Å². The number of primary amides is 1. The summed E-state index contributed by atoms with van der Waals surface area (Å²) >= 11 is 0. The quantitative estimate of drug-likeness (QED) is 0.793. The van der Waals surface area contributed by atoms with E-state index in [0.717, 1.165) is 25.7 Å². The summed E-state index contributed by atoms with van der Waals surface area (Å²) in [6.45, 7) is 11.0. The Hall–Kier alpha value is -0.570. The number of rotatable bonds is 4. The van der Waals surface area contributed by atoms with Gasteiger partial charge in [-0.05, 0) is 43.9 Å². The van der Waals surface area contributed by atoms with Crippen LogP contribution in [0.5, 0.6) is 0 Å². The number of hydrogen-bond donors (Lipinski definition) is 2. The van der Waals surface area contributed by atoms with E-state index in [0.29, 0.717) is 17.4 Å². The molecule has 3 unspecified atom stereocenters. The van der Waals surface area contributed by atoms with Crippen LogP contribution in [0, 0.1) is 11.3 Å². The van der Waals surface area contributed by atoms with Gasteiger partial charge in [-0.2, -0.15) is 0 Å². The topological polar surface area (TPSA) is 55.1 Å². The molecule has 3 N–H and O–H groups in total. The minimum atomic E-state index is -0.495. The molecular weight excluding hydrogens is 212 g/mol. The summed E-state index contributed by atoms with van der Waals surface area (Å²) in [5.41, 5.74) is 5.52. The predicted octanol–water partition coefficient (Wildman–Crippen LogP) is 2.44. The molecule has 3 nitrogen and oxygen atoms in total. The second-order valence-electron chi connectivity index (χ2n) is 6.56. The number of amides is 1. The highest BCUT2D eigenvalue weighted by molar-refractivity contribution is 5.85. The fourth-order valence-corrected chi connectivity index (χ4v) is 3.08. The minimum absolute atomic E-state index is 0.180. The molecule has 1 fully saturated rings. The average molecular weight is 240 g/mol. The molecule has 0 spiro atoms. The summed E-state index contributed by atoms with van der Waals surface area (Å²) < 4.78 is 0. The maximum atomic E-state index is 11.9. The molecule has 1 amide bonds. The molecule has 0 radical (unpaired) electrons. The molecule has 0 heterocycles. The van der Waals surface area contributed by atoms with Gasteiger partial charge in [0.05, 0.1) is 0 Å². The van der Waals surface area contributed by atoms with Crippen LogP contribution in [0.3, 0.4) is 0 Å². The van der Waals surface area contributed by atoms with Crippen molar-refractivity contribution in [1.29, 1.82) is 0 Å². The van der Waals surface area contributed by atoms with Crippen LogP contribution in [-0.4, -0.2) is 17.5 Å². The van der Waals surface area contributed by atoms with Gasteiger partial charge < -0.3 is 11.1 Å². The molecule has 17 heavy (non-hydrogen) atoms. The van der Waals surface area contributed by atoms with Gasteiger partial charge in [0.15, 0.2) is 0 Å². The fourth-order valence-electron chi connectivity index (χ4n) is 3.08. The third-order valence-corrected chi connectivity index (χ3v) is 4.45. The molecule has 0 aliphatic heterocycles. The van der Waals surface area contributed by atoms with E-state index in [9.17, 15) is 4.79 Å². The number of nitrogens with two attached hydrogens (primary N) is 1. The first-order valence-corrected chi connectivity index (χ1v) is 6.81. The minimum Gasteiger partial charge on any atom is -0.368 e. The largest absolute Gasteiger partial charge is 0.368 e. The van der Waals surface area contributed by atoms with E-state index in [4.69, 9.17) is 5.73 Å². The summed E-state index contributed by atoms with van der Waals surface area (Å²) in [5.74, 6) is 0.124. The molecular formula is C14H28N2O. The lowest BCUT2D eigenvalue weighted by Gasteiger charge is -2.48. The Morgan fingerprint density at radius 3 is 2.47 bits per heavy atom. The first-order chi connectivity index (χ1) is 7.73. The summed E-state index contributed by atoms with van der Waals surface area (Å²) in [5, 5.41) is 3.49. The second-order valence-corrected chi connectivity index (χ2v) is 6.56. The average Bonchev–Trinajstić information content (AvgIpc) is 2.21. The normalized spacial score (nSPS) is 34.3. The van der Waals surface area contributed by atoms with Crippen molar-refractivity contribution in [3.63, 3.8) is 0 Å². The number of carbonyl (C=O) groups is 1. The lowest BCUT2D eigenvalue weighted by Crippen LogP contribution is -2.64. The molecule has 3 heteroatoms. The molecule has 0 saturated heterocycles. The summed E-state index contributed by atoms with van der Waals surface area (Å²) in [4.78, 5) is 11.9. The molecule has 0 aromatic rings. The number of nitrogens with one attached hydrogen (secondary N) is 1. The van der Waals surface area contributed by atoms with Gasteiger partial charge in [-0.3, -0.25) is 4.79 Å². The monoisotopic (exact) mass is 240 g/mol. The van der Waals surface area contributed by atoms with Crippen molar-refractivity contribution in [3.05, 3.63) is 0 Å². The highest BCUT2D eigenvalue weighted by Crippen LogP contribution is 2.44. The van der Waals surface area contributed by atoms with E-state index >= 15 is 0 Å². The third-order valence-electron chi connectivity index (χ3n) is 4.45. The molecule has 0 bridgehead atoms. The zero-order valence-corrected chi connectivity index (χ0v) is 12.0. The van der Waals surface area contributed by atoms with Crippen LogP contribution in [-0.2, 0) is 4.79 Å². The van der Waals surface area contributed by atoms with E-state index < -0.39 is 5.54 Å². The van der Waals surface area contributed by atoms with Crippen molar-refractivity contribution in [1.82, 2.24) is 5.32 Å². The van der Waals surface area contributed by atoms with Crippen molar-refractivity contribution in [2.45, 2.75) is 71.9 Å². The van der Waals surface area contributed by atoms with Gasteiger partial charge in [0.2, 0.25) is 5.91 Å². The molecule has 1 rings (SSSR count). The summed E-state index contributed by atoms with van der Waals surface area (Å²) in [6.07, 6.45) is 4.00. The van der Waals surface area contributed by atoms with Crippen LogP contribution in [0.15, 0.2) is 0 Å². The van der Waals surface area contributed by atoms with E-state index in [1.807, 2.05) is 0 Å². The Morgan fingerprint density at radius 2 is 2.06 bits per heavy atom. The zero-order chi connectivity index (χ0) is 13.3. The standard InChI is InChI=1S/C14H28N2O/c1-6-11(3)16-14(12(15)17)8-7-13(4,5)9-10(14)2/h10-11,16H,6-9H2,1-5H3,(H2,15,17). The molecule has 0 aromatic heterocycles. The van der Waals surface area contributed by atoms with Gasteiger partial charge in [-0.25, -0.2) is 0 Å². The zero-order valence-electron chi connectivity index (χ0n) is 12.0. The van der Waals surface area contributed by atoms with Crippen molar-refractivity contribution in [3.8, 4) is 0 Å². The van der Waals surface area contributed by atoms with Crippen LogP contribution in [0.2, 0.25) is 0 Å². The maximum Gasteiger partial charge on any atom is 0.238 e. The molecule has 1 saturated carbocycles. The summed E-state index contributed by atoms with van der Waals surface area (Å²) in [7, 11) is 0. The predicted molar refractivity (Wildman–Crippen MR) is 71.6 cm³/mol. The lowest BCUT2D eigenvalue weighted by molar-refractivity contribution is -0.130. The first-order valence-electron chi connectivity index (χ1n) is 6.81. The van der Waals surface area contributed by atoms with Crippen LogP contribution < -0.4 is 11.1 Å². The van der Waals surface area contributed by atoms with E-state index in [-0.39, 0.29) is 5.91 Å². The molecule has 1 aliphatic rings. The highest BCUT2D eigenvalue weighted by atomic mass is 16.1. The number of hydrogen-bond acceptors (Lipinski definition) is 2. The van der Waals surface area contributed by atoms with Crippen molar-refractivity contribution < 1.29 is 4.79 Å². The first kappa shape index (κ1) is 14.5. The summed E-state index contributed by atoms with van der Waals surface area (Å²) in [6, 6.07) is 0.339. The Labute approximate surface area is 106 Å². The Kier molecular flexibility index (Phi) is 4.23. The van der Waals surface area contributed by atoms with Gasteiger partial charge in [0, 0.05) is 6.04 Å². The van der Waals surface area contributed by atoms with Crippen LogP contribution in [0.25, 0.3) is 0 Å². The molecule has 100 valence electrons. The SMILES string of the molecule is CCC(C)NC1(C(N)=O)CCC(C)(C)CC1C. The van der Waals surface area contributed by atoms with Gasteiger partial charge in [0.25, 0.3) is 0 Å². The van der Waals surface area contributed by atoms with Crippen molar-refractivity contribution in [2.75, 3.05) is 0 Å². The van der Waals surface area contributed by atoms with Crippen LogP contribution >= 0.6 is 0 Å². The lowest BCUT2D eigenvalue weighted by atomic mass is 9.63. The Bertz CT molecular complexity index is 288. The van der Waals surface area contributed by atoms with Crippen LogP contribution in [0.4, 0.5) is 0 Å². The van der Waals surface area contributed by atoms with Gasteiger partial charge in [0.1, 0.15) is 5.54 Å². The third kappa shape index (κ3) is 3.01. The van der Waals surface area contributed by atoms with Crippen LogP contribution in [0.1, 0.15) is 60.3 Å².